The van der Waals surface area contributed by atoms with Crippen molar-refractivity contribution in [2.75, 3.05) is 0 Å². The fourth-order valence-electron chi connectivity index (χ4n) is 1.14. The molecule has 1 aromatic carbocycles. The first kappa shape index (κ1) is 11.0. The molecule has 6 nitrogen and oxygen atoms in total. The molecule has 16 heavy (non-hydrogen) atoms. The van der Waals surface area contributed by atoms with Crippen LogP contribution in [0.15, 0.2) is 35.5 Å². The smallest absolute Gasteiger partial charge is 0.203 e. The van der Waals surface area contributed by atoms with Gasteiger partial charge in [-0.25, -0.2) is 8.42 Å². The predicted molar refractivity (Wildman–Crippen MR) is 56.4 cm³/mol. The van der Waals surface area contributed by atoms with Crippen molar-refractivity contribution in [3.05, 3.63) is 35.9 Å². The lowest BCUT2D eigenvalue weighted by Crippen LogP contribution is -2.04. The van der Waals surface area contributed by atoms with Gasteiger partial charge in [-0.15, -0.1) is 5.10 Å². The molecule has 0 amide bonds. The molecular weight excluding hydrogens is 252 g/mol. The molecule has 0 radical (unpaired) electrons. The third kappa shape index (κ3) is 2.56. The topological polar surface area (TPSA) is 77.7 Å². The molecule has 2 rings (SSSR count). The van der Waals surface area contributed by atoms with Gasteiger partial charge in [-0.2, -0.15) is 4.80 Å². The van der Waals surface area contributed by atoms with E-state index in [1.54, 1.807) is 0 Å². The largest absolute Gasteiger partial charge is 0.303 e. The molecule has 0 spiro atoms. The Morgan fingerprint density at radius 2 is 1.94 bits per heavy atom. The van der Waals surface area contributed by atoms with Gasteiger partial charge in [-0.05, 0) is 10.8 Å². The van der Waals surface area contributed by atoms with Crippen LogP contribution in [0.2, 0.25) is 0 Å². The van der Waals surface area contributed by atoms with Crippen LogP contribution in [-0.2, 0) is 15.6 Å². The van der Waals surface area contributed by atoms with Gasteiger partial charge in [0.1, 0.15) is 0 Å². The molecule has 0 aliphatic carbocycles. The van der Waals surface area contributed by atoms with Gasteiger partial charge in [0.05, 0.1) is 6.54 Å². The fraction of sp³-hybridized carbons (Fsp3) is 0.125. The van der Waals surface area contributed by atoms with E-state index in [1.807, 2.05) is 30.3 Å². The van der Waals surface area contributed by atoms with Crippen LogP contribution in [0.5, 0.6) is 0 Å². The maximum atomic E-state index is 10.9. The number of hydrogen-bond donors (Lipinski definition) is 0. The first-order valence-electron chi connectivity index (χ1n) is 4.32. The van der Waals surface area contributed by atoms with Crippen molar-refractivity contribution in [2.45, 2.75) is 11.7 Å². The fourth-order valence-corrected chi connectivity index (χ4v) is 1.65. The Labute approximate surface area is 96.3 Å². The van der Waals surface area contributed by atoms with Gasteiger partial charge in [0.15, 0.2) is 0 Å². The average molecular weight is 259 g/mol. The zero-order valence-electron chi connectivity index (χ0n) is 7.99. The number of aromatic nitrogens is 4. The Morgan fingerprint density at radius 1 is 1.25 bits per heavy atom. The summed E-state index contributed by atoms with van der Waals surface area (Å²) in [5.74, 6) is 0. The summed E-state index contributed by atoms with van der Waals surface area (Å²) in [7, 11) is 1.16. The van der Waals surface area contributed by atoms with Crippen LogP contribution in [0.3, 0.4) is 0 Å². The summed E-state index contributed by atoms with van der Waals surface area (Å²) in [4.78, 5) is 1.17. The first-order chi connectivity index (χ1) is 7.55. The van der Waals surface area contributed by atoms with Crippen LogP contribution in [0.4, 0.5) is 0 Å². The summed E-state index contributed by atoms with van der Waals surface area (Å²) in [6.45, 7) is 0.347. The zero-order chi connectivity index (χ0) is 11.6. The molecule has 8 heteroatoms. The van der Waals surface area contributed by atoms with Crippen molar-refractivity contribution < 1.29 is 8.42 Å². The molecule has 1 heterocycles. The van der Waals surface area contributed by atoms with Gasteiger partial charge in [-0.3, -0.25) is 0 Å². The summed E-state index contributed by atoms with van der Waals surface area (Å²) in [6, 6.07) is 9.36. The Balaban J connectivity index is 2.22. The Morgan fingerprint density at radius 3 is 2.50 bits per heavy atom. The van der Waals surface area contributed by atoms with E-state index in [0.717, 1.165) is 5.56 Å². The highest BCUT2D eigenvalue weighted by Gasteiger charge is 2.17. The summed E-state index contributed by atoms with van der Waals surface area (Å²) in [6.07, 6.45) is 0. The standard InChI is InChI=1S/C8H7ClN4O2S/c9-16(14,15)8-10-12-13(11-8)6-7-4-2-1-3-5-7/h1-5H,6H2. The lowest BCUT2D eigenvalue weighted by Gasteiger charge is -1.97. The van der Waals surface area contributed by atoms with E-state index in [9.17, 15) is 8.42 Å². The van der Waals surface area contributed by atoms with Crippen molar-refractivity contribution in [2.24, 2.45) is 0 Å². The van der Waals surface area contributed by atoms with Crippen molar-refractivity contribution in [1.29, 1.82) is 0 Å². The number of halogens is 1. The van der Waals surface area contributed by atoms with Crippen molar-refractivity contribution in [3.63, 3.8) is 0 Å². The quantitative estimate of drug-likeness (QED) is 0.756. The van der Waals surface area contributed by atoms with Gasteiger partial charge in [-0.1, -0.05) is 35.4 Å². The van der Waals surface area contributed by atoms with Crippen LogP contribution in [0, 0.1) is 0 Å². The molecule has 0 atom stereocenters. The minimum atomic E-state index is -3.91. The van der Waals surface area contributed by atoms with E-state index < -0.39 is 14.2 Å². The summed E-state index contributed by atoms with van der Waals surface area (Å²) >= 11 is 0. The van der Waals surface area contributed by atoms with Crippen LogP contribution in [0.1, 0.15) is 5.56 Å². The van der Waals surface area contributed by atoms with E-state index in [-0.39, 0.29) is 0 Å². The first-order valence-corrected chi connectivity index (χ1v) is 6.63. The van der Waals surface area contributed by atoms with Gasteiger partial charge in [0.25, 0.3) is 9.05 Å². The van der Waals surface area contributed by atoms with Gasteiger partial charge in [0.2, 0.25) is 0 Å². The highest BCUT2D eigenvalue weighted by atomic mass is 35.7. The summed E-state index contributed by atoms with van der Waals surface area (Å²) in [5.41, 5.74) is 0.943. The number of nitrogens with zero attached hydrogens (tertiary/aromatic N) is 4. The maximum absolute atomic E-state index is 10.9. The van der Waals surface area contributed by atoms with Gasteiger partial charge < -0.3 is 0 Å². The lowest BCUT2D eigenvalue weighted by molar-refractivity contribution is 0.564. The molecule has 0 aliphatic rings. The second-order valence-corrected chi connectivity index (χ2v) is 5.49. The van der Waals surface area contributed by atoms with E-state index >= 15 is 0 Å². The SMILES string of the molecule is O=S(=O)(Cl)c1nnn(Cc2ccccc2)n1. The normalized spacial score (nSPS) is 11.6. The number of benzene rings is 1. The zero-order valence-corrected chi connectivity index (χ0v) is 9.56. The molecule has 0 saturated heterocycles. The second kappa shape index (κ2) is 4.18. The van der Waals surface area contributed by atoms with Crippen LogP contribution in [0.25, 0.3) is 0 Å². The molecule has 2 aromatic rings. The molecule has 0 aliphatic heterocycles. The van der Waals surface area contributed by atoms with Crippen molar-refractivity contribution in [3.8, 4) is 0 Å². The van der Waals surface area contributed by atoms with Crippen LogP contribution >= 0.6 is 10.7 Å². The maximum Gasteiger partial charge on any atom is 0.303 e. The van der Waals surface area contributed by atoms with E-state index in [0.29, 0.717) is 6.54 Å². The average Bonchev–Trinajstić information content (AvgIpc) is 2.67. The molecule has 0 N–H and O–H groups in total. The van der Waals surface area contributed by atoms with E-state index in [1.165, 1.54) is 4.80 Å². The molecule has 1 aromatic heterocycles. The number of rotatable bonds is 3. The molecule has 0 unspecified atom stereocenters. The monoisotopic (exact) mass is 258 g/mol. The number of hydrogen-bond acceptors (Lipinski definition) is 5. The summed E-state index contributed by atoms with van der Waals surface area (Å²) in [5, 5.41) is 10.1. The van der Waals surface area contributed by atoms with Crippen molar-refractivity contribution >= 4 is 19.7 Å². The molecule has 84 valence electrons. The lowest BCUT2D eigenvalue weighted by atomic mass is 10.2. The Bertz CT molecular complexity index is 581. The Hall–Kier alpha value is -1.47. The van der Waals surface area contributed by atoms with Crippen LogP contribution in [-0.4, -0.2) is 28.6 Å². The van der Waals surface area contributed by atoms with Gasteiger partial charge >= 0.3 is 5.16 Å². The third-order valence-corrected chi connectivity index (χ3v) is 2.83. The third-order valence-electron chi connectivity index (χ3n) is 1.82. The Kier molecular flexibility index (Phi) is 2.88. The molecule has 0 fully saturated rings. The number of tetrazole rings is 1. The minimum absolute atomic E-state index is 0.347. The highest BCUT2D eigenvalue weighted by Crippen LogP contribution is 2.07. The van der Waals surface area contributed by atoms with Crippen molar-refractivity contribution in [1.82, 2.24) is 20.2 Å². The van der Waals surface area contributed by atoms with Gasteiger partial charge in [0, 0.05) is 10.7 Å². The van der Waals surface area contributed by atoms with Crippen LogP contribution < -0.4 is 0 Å². The molecule has 0 bridgehead atoms. The highest BCUT2D eigenvalue weighted by molar-refractivity contribution is 8.13. The second-order valence-electron chi connectivity index (χ2n) is 3.03. The van der Waals surface area contributed by atoms with E-state index in [2.05, 4.69) is 15.4 Å². The molecule has 0 saturated carbocycles. The predicted octanol–water partition coefficient (Wildman–Crippen LogP) is 0.649. The summed E-state index contributed by atoms with van der Waals surface area (Å²) < 4.78 is 21.8. The molecular formula is C8H7ClN4O2S. The van der Waals surface area contributed by atoms with E-state index in [4.69, 9.17) is 10.7 Å². The minimum Gasteiger partial charge on any atom is -0.203 e.